The normalized spacial score (nSPS) is 24.5. The first-order valence-corrected chi connectivity index (χ1v) is 12.4. The quantitative estimate of drug-likeness (QED) is 0.606. The molecule has 184 valence electrons. The molecular weight excluding hydrogens is 449 g/mol. The summed E-state index contributed by atoms with van der Waals surface area (Å²) in [6.07, 6.45) is 4.77. The summed E-state index contributed by atoms with van der Waals surface area (Å²) in [6.45, 7) is 5.02. The zero-order chi connectivity index (χ0) is 23.8. The maximum absolute atomic E-state index is 15.2. The molecule has 3 saturated heterocycles. The highest BCUT2D eigenvalue weighted by molar-refractivity contribution is 5.83. The zero-order valence-corrected chi connectivity index (χ0v) is 19.7. The molecule has 0 aliphatic carbocycles. The molecule has 0 amide bonds. The third-order valence-electron chi connectivity index (χ3n) is 7.34. The number of rotatable bonds is 5. The lowest BCUT2D eigenvalue weighted by Crippen LogP contribution is -2.51. The molecule has 1 unspecified atom stereocenters. The van der Waals surface area contributed by atoms with Gasteiger partial charge in [0.25, 0.3) is 5.56 Å². The second-order valence-corrected chi connectivity index (χ2v) is 9.70. The van der Waals surface area contributed by atoms with Crippen molar-refractivity contribution < 1.29 is 18.6 Å². The van der Waals surface area contributed by atoms with Crippen molar-refractivity contribution in [1.82, 2.24) is 9.88 Å². The van der Waals surface area contributed by atoms with Crippen LogP contribution in [0.2, 0.25) is 0 Å². The van der Waals surface area contributed by atoms with E-state index in [1.54, 1.807) is 30.5 Å². The van der Waals surface area contributed by atoms with Crippen LogP contribution in [-0.4, -0.2) is 62.3 Å². The molecule has 0 radical (unpaired) electrons. The van der Waals surface area contributed by atoms with E-state index in [4.69, 9.17) is 14.2 Å². The molecule has 35 heavy (non-hydrogen) atoms. The Morgan fingerprint density at radius 3 is 2.91 bits per heavy atom. The Morgan fingerprint density at radius 2 is 2.11 bits per heavy atom. The fourth-order valence-electron chi connectivity index (χ4n) is 5.41. The number of halogens is 1. The van der Waals surface area contributed by atoms with Crippen LogP contribution in [0.3, 0.4) is 0 Å². The van der Waals surface area contributed by atoms with Gasteiger partial charge in [-0.25, -0.2) is 4.39 Å². The minimum absolute atomic E-state index is 0.134. The van der Waals surface area contributed by atoms with Crippen LogP contribution in [0.25, 0.3) is 16.5 Å². The third-order valence-corrected chi connectivity index (χ3v) is 7.34. The number of pyridine rings is 1. The molecule has 3 fully saturated rings. The van der Waals surface area contributed by atoms with Crippen LogP contribution in [0, 0.1) is 5.82 Å². The molecular formula is C27H30FN3O4. The lowest BCUT2D eigenvalue weighted by molar-refractivity contribution is -0.0496. The second kappa shape index (κ2) is 9.26. The van der Waals surface area contributed by atoms with Gasteiger partial charge < -0.3 is 24.4 Å². The standard InChI is InChI=1S/C27H30FN3O4/c28-24-15-20(3-6-25(24)30-11-8-27(18-30)17-29-9-13-35-27)31-10-7-19-14-21(4-5-23(19)26(31)32)34-16-22-2-1-12-33-22/h3-7,10,14-15,22,29H,1-2,8-9,11-13,16-18H2/t22-,27?/m1/s1. The van der Waals surface area contributed by atoms with E-state index in [0.29, 0.717) is 42.3 Å². The van der Waals surface area contributed by atoms with Crippen molar-refractivity contribution in [2.45, 2.75) is 31.0 Å². The van der Waals surface area contributed by atoms with Gasteiger partial charge in [-0.3, -0.25) is 9.36 Å². The largest absolute Gasteiger partial charge is 0.491 e. The molecule has 1 spiro atoms. The molecule has 3 aliphatic heterocycles. The number of hydrogen-bond acceptors (Lipinski definition) is 6. The molecule has 3 aromatic rings. The lowest BCUT2D eigenvalue weighted by atomic mass is 10.0. The summed E-state index contributed by atoms with van der Waals surface area (Å²) in [4.78, 5) is 15.2. The number of aromatic nitrogens is 1. The minimum atomic E-state index is -0.340. The van der Waals surface area contributed by atoms with E-state index >= 15 is 4.39 Å². The van der Waals surface area contributed by atoms with Crippen molar-refractivity contribution in [2.75, 3.05) is 50.9 Å². The van der Waals surface area contributed by atoms with Gasteiger partial charge in [-0.1, -0.05) is 0 Å². The number of nitrogens with zero attached hydrogens (tertiary/aromatic N) is 2. The van der Waals surface area contributed by atoms with E-state index in [0.717, 1.165) is 50.9 Å². The molecule has 3 aliphatic rings. The summed E-state index contributed by atoms with van der Waals surface area (Å²) >= 11 is 0. The van der Waals surface area contributed by atoms with Crippen LogP contribution in [0.5, 0.6) is 5.75 Å². The average molecular weight is 480 g/mol. The minimum Gasteiger partial charge on any atom is -0.491 e. The number of ether oxygens (including phenoxy) is 3. The lowest BCUT2D eigenvalue weighted by Gasteiger charge is -2.34. The smallest absolute Gasteiger partial charge is 0.262 e. The fourth-order valence-corrected chi connectivity index (χ4v) is 5.41. The Morgan fingerprint density at radius 1 is 1.17 bits per heavy atom. The predicted molar refractivity (Wildman–Crippen MR) is 132 cm³/mol. The van der Waals surface area contributed by atoms with E-state index in [1.165, 1.54) is 10.6 Å². The van der Waals surface area contributed by atoms with Gasteiger partial charge in [0, 0.05) is 50.4 Å². The predicted octanol–water partition coefficient (Wildman–Crippen LogP) is 3.26. The molecule has 1 N–H and O–H groups in total. The number of anilines is 1. The van der Waals surface area contributed by atoms with Crippen LogP contribution in [0.4, 0.5) is 10.1 Å². The number of nitrogens with one attached hydrogen (secondary N) is 1. The second-order valence-electron chi connectivity index (χ2n) is 9.70. The zero-order valence-electron chi connectivity index (χ0n) is 19.7. The number of morpholine rings is 1. The number of hydrogen-bond donors (Lipinski definition) is 1. The maximum Gasteiger partial charge on any atom is 0.262 e. The van der Waals surface area contributed by atoms with Crippen molar-refractivity contribution in [1.29, 1.82) is 0 Å². The molecule has 7 nitrogen and oxygen atoms in total. The topological polar surface area (TPSA) is 65.0 Å². The first-order chi connectivity index (χ1) is 17.1. The maximum atomic E-state index is 15.2. The van der Waals surface area contributed by atoms with Crippen molar-refractivity contribution in [2.24, 2.45) is 0 Å². The fraction of sp³-hybridized carbons (Fsp3) is 0.444. The molecule has 0 bridgehead atoms. The van der Waals surface area contributed by atoms with Crippen LogP contribution in [0.1, 0.15) is 19.3 Å². The van der Waals surface area contributed by atoms with Gasteiger partial charge >= 0.3 is 0 Å². The summed E-state index contributed by atoms with van der Waals surface area (Å²) < 4.78 is 34.2. The summed E-state index contributed by atoms with van der Waals surface area (Å²) in [5, 5.41) is 4.73. The van der Waals surface area contributed by atoms with Gasteiger partial charge in [-0.05, 0) is 61.0 Å². The van der Waals surface area contributed by atoms with Gasteiger partial charge in [0.1, 0.15) is 18.2 Å². The van der Waals surface area contributed by atoms with E-state index in [-0.39, 0.29) is 23.1 Å². The van der Waals surface area contributed by atoms with Gasteiger partial charge in [0.15, 0.2) is 0 Å². The Bertz CT molecular complexity index is 1280. The highest BCUT2D eigenvalue weighted by Crippen LogP contribution is 2.32. The highest BCUT2D eigenvalue weighted by atomic mass is 19.1. The first-order valence-electron chi connectivity index (χ1n) is 12.4. The van der Waals surface area contributed by atoms with Gasteiger partial charge in [-0.15, -0.1) is 0 Å². The SMILES string of the molecule is O=c1c2ccc(OC[C@H]3CCCO3)cc2ccn1-c1ccc(N2CCC3(CNCCO3)C2)c(F)c1. The first kappa shape index (κ1) is 22.5. The van der Waals surface area contributed by atoms with Crippen LogP contribution < -0.4 is 20.5 Å². The summed E-state index contributed by atoms with van der Waals surface area (Å²) in [7, 11) is 0. The van der Waals surface area contributed by atoms with Crippen LogP contribution >= 0.6 is 0 Å². The van der Waals surface area contributed by atoms with Crippen molar-refractivity contribution in [3.8, 4) is 11.4 Å². The van der Waals surface area contributed by atoms with Crippen molar-refractivity contribution >= 4 is 16.5 Å². The third kappa shape index (κ3) is 4.42. The van der Waals surface area contributed by atoms with E-state index < -0.39 is 0 Å². The Balaban J connectivity index is 1.21. The average Bonchev–Trinajstić information content (AvgIpc) is 3.54. The molecule has 2 aromatic carbocycles. The molecule has 4 heterocycles. The molecule has 6 rings (SSSR count). The van der Waals surface area contributed by atoms with Crippen molar-refractivity contribution in [3.05, 3.63) is 64.8 Å². The number of fused-ring (bicyclic) bond motifs is 1. The molecule has 2 atom stereocenters. The van der Waals surface area contributed by atoms with E-state index in [2.05, 4.69) is 5.32 Å². The Hall–Kier alpha value is -2.94. The van der Waals surface area contributed by atoms with Crippen LogP contribution in [-0.2, 0) is 9.47 Å². The Labute approximate surface area is 203 Å². The molecule has 0 saturated carbocycles. The molecule has 1 aromatic heterocycles. The van der Waals surface area contributed by atoms with Gasteiger partial charge in [0.2, 0.25) is 0 Å². The van der Waals surface area contributed by atoms with Crippen molar-refractivity contribution in [3.63, 3.8) is 0 Å². The summed E-state index contributed by atoms with van der Waals surface area (Å²) in [5.74, 6) is 0.370. The number of benzene rings is 2. The van der Waals surface area contributed by atoms with E-state index in [1.807, 2.05) is 17.0 Å². The van der Waals surface area contributed by atoms with Gasteiger partial charge in [-0.2, -0.15) is 0 Å². The summed E-state index contributed by atoms with van der Waals surface area (Å²) in [5.41, 5.74) is 0.607. The highest BCUT2D eigenvalue weighted by Gasteiger charge is 2.41. The summed E-state index contributed by atoms with van der Waals surface area (Å²) in [6, 6.07) is 12.3. The van der Waals surface area contributed by atoms with E-state index in [9.17, 15) is 4.79 Å². The monoisotopic (exact) mass is 479 g/mol. The Kier molecular flexibility index (Phi) is 5.96. The van der Waals surface area contributed by atoms with Crippen LogP contribution in [0.15, 0.2) is 53.5 Å². The van der Waals surface area contributed by atoms with Gasteiger partial charge in [0.05, 0.1) is 29.7 Å². The molecule has 8 heteroatoms.